The zero-order chi connectivity index (χ0) is 23.1. The lowest BCUT2D eigenvalue weighted by atomic mass is 10.2. The maximum absolute atomic E-state index is 12.7. The summed E-state index contributed by atoms with van der Waals surface area (Å²) in [5.41, 5.74) is 1.17. The van der Waals surface area contributed by atoms with E-state index in [4.69, 9.17) is 14.2 Å². The van der Waals surface area contributed by atoms with E-state index in [9.17, 15) is 14.4 Å². The quantitative estimate of drug-likeness (QED) is 0.577. The van der Waals surface area contributed by atoms with Crippen LogP contribution in [-0.2, 0) is 4.79 Å². The van der Waals surface area contributed by atoms with Crippen molar-refractivity contribution >= 4 is 34.9 Å². The Bertz CT molecular complexity index is 1040. The lowest BCUT2D eigenvalue weighted by molar-refractivity contribution is -0.122. The Labute approximate surface area is 190 Å². The van der Waals surface area contributed by atoms with Crippen LogP contribution in [0.2, 0.25) is 0 Å². The highest BCUT2D eigenvalue weighted by Gasteiger charge is 2.34. The third-order valence-electron chi connectivity index (χ3n) is 4.63. The molecule has 0 spiro atoms. The summed E-state index contributed by atoms with van der Waals surface area (Å²) in [5, 5.41) is 2.34. The van der Waals surface area contributed by atoms with Gasteiger partial charge in [-0.05, 0) is 66.7 Å². The normalized spacial score (nSPS) is 14.6. The Kier molecular flexibility index (Phi) is 7.77. The van der Waals surface area contributed by atoms with E-state index in [0.29, 0.717) is 39.9 Å². The maximum atomic E-state index is 12.7. The van der Waals surface area contributed by atoms with Crippen molar-refractivity contribution in [3.8, 4) is 17.2 Å². The van der Waals surface area contributed by atoms with E-state index in [1.807, 2.05) is 6.92 Å². The first-order valence-electron chi connectivity index (χ1n) is 9.95. The van der Waals surface area contributed by atoms with Gasteiger partial charge in [-0.1, -0.05) is 6.07 Å². The highest BCUT2D eigenvalue weighted by atomic mass is 32.2. The number of imide groups is 1. The van der Waals surface area contributed by atoms with E-state index >= 15 is 0 Å². The van der Waals surface area contributed by atoms with E-state index in [0.717, 1.165) is 16.7 Å². The summed E-state index contributed by atoms with van der Waals surface area (Å²) in [6, 6.07) is 11.9. The molecule has 0 radical (unpaired) electrons. The molecule has 2 aromatic carbocycles. The van der Waals surface area contributed by atoms with Crippen molar-refractivity contribution in [2.45, 2.75) is 6.92 Å². The largest absolute Gasteiger partial charge is 0.497 e. The second-order valence-corrected chi connectivity index (χ2v) is 7.65. The molecule has 0 aliphatic carbocycles. The molecule has 1 saturated heterocycles. The Hall–Kier alpha value is -3.46. The summed E-state index contributed by atoms with van der Waals surface area (Å²) in [5.74, 6) is 1.11. The lowest BCUT2D eigenvalue weighted by Gasteiger charge is -2.13. The number of rotatable bonds is 9. The minimum atomic E-state index is -0.397. The second kappa shape index (κ2) is 10.7. The van der Waals surface area contributed by atoms with E-state index in [1.165, 1.54) is 7.11 Å². The Morgan fingerprint density at radius 1 is 1.06 bits per heavy atom. The highest BCUT2D eigenvalue weighted by molar-refractivity contribution is 8.18. The zero-order valence-electron chi connectivity index (χ0n) is 18.0. The van der Waals surface area contributed by atoms with Gasteiger partial charge in [0.15, 0.2) is 11.5 Å². The maximum Gasteiger partial charge on any atom is 0.293 e. The van der Waals surface area contributed by atoms with Gasteiger partial charge in [0, 0.05) is 18.7 Å². The molecule has 0 atom stereocenters. The molecule has 0 bridgehead atoms. The van der Waals surface area contributed by atoms with Gasteiger partial charge in [-0.3, -0.25) is 19.3 Å². The molecule has 1 aliphatic heterocycles. The van der Waals surface area contributed by atoms with Crippen molar-refractivity contribution < 1.29 is 28.6 Å². The van der Waals surface area contributed by atoms with Gasteiger partial charge in [-0.15, -0.1) is 0 Å². The number of carbonyl (C=O) groups excluding carboxylic acids is 3. The molecule has 0 saturated carbocycles. The lowest BCUT2D eigenvalue weighted by Crippen LogP contribution is -2.37. The molecule has 1 N–H and O–H groups in total. The standard InChI is InChI=1S/C23H24N2O6S/c1-4-31-18-10-5-15(13-19(18)30-3)14-20-22(27)25(23(28)32-20)12-11-24-21(26)16-6-8-17(29-2)9-7-16/h5-10,13-14H,4,11-12H2,1-3H3,(H,24,26). The molecular formula is C23H24N2O6S. The fraction of sp³-hybridized carbons (Fsp3) is 0.261. The molecule has 8 nitrogen and oxygen atoms in total. The summed E-state index contributed by atoms with van der Waals surface area (Å²) in [6.45, 7) is 2.61. The molecular weight excluding hydrogens is 432 g/mol. The van der Waals surface area contributed by atoms with Crippen LogP contribution < -0.4 is 19.5 Å². The van der Waals surface area contributed by atoms with Crippen LogP contribution in [0.1, 0.15) is 22.8 Å². The fourth-order valence-electron chi connectivity index (χ4n) is 3.02. The minimum absolute atomic E-state index is 0.0799. The number of benzene rings is 2. The van der Waals surface area contributed by atoms with Crippen molar-refractivity contribution in [3.63, 3.8) is 0 Å². The van der Waals surface area contributed by atoms with Crippen molar-refractivity contribution in [1.82, 2.24) is 10.2 Å². The summed E-state index contributed by atoms with van der Waals surface area (Å²) in [7, 11) is 3.09. The first kappa shape index (κ1) is 23.2. The number of nitrogens with zero attached hydrogens (tertiary/aromatic N) is 1. The average Bonchev–Trinajstić information content (AvgIpc) is 3.07. The van der Waals surface area contributed by atoms with Gasteiger partial charge >= 0.3 is 0 Å². The number of thioether (sulfide) groups is 1. The molecule has 1 fully saturated rings. The van der Waals surface area contributed by atoms with Crippen LogP contribution >= 0.6 is 11.8 Å². The number of amides is 3. The Morgan fingerprint density at radius 3 is 2.47 bits per heavy atom. The molecule has 1 heterocycles. The van der Waals surface area contributed by atoms with Crippen LogP contribution in [0.25, 0.3) is 6.08 Å². The fourth-order valence-corrected chi connectivity index (χ4v) is 3.88. The number of ether oxygens (including phenoxy) is 3. The summed E-state index contributed by atoms with van der Waals surface area (Å²) in [6.07, 6.45) is 1.64. The van der Waals surface area contributed by atoms with Gasteiger partial charge in [0.2, 0.25) is 0 Å². The molecule has 32 heavy (non-hydrogen) atoms. The smallest absolute Gasteiger partial charge is 0.293 e. The van der Waals surface area contributed by atoms with Crippen LogP contribution in [0.5, 0.6) is 17.2 Å². The topological polar surface area (TPSA) is 94.2 Å². The van der Waals surface area contributed by atoms with Crippen LogP contribution in [0, 0.1) is 0 Å². The number of nitrogens with one attached hydrogen (secondary N) is 1. The van der Waals surface area contributed by atoms with E-state index < -0.39 is 5.91 Å². The third-order valence-corrected chi connectivity index (χ3v) is 5.54. The Balaban J connectivity index is 1.61. The molecule has 1 aliphatic rings. The van der Waals surface area contributed by atoms with Crippen LogP contribution in [-0.4, -0.2) is 55.9 Å². The van der Waals surface area contributed by atoms with Gasteiger partial charge in [-0.25, -0.2) is 0 Å². The summed E-state index contributed by atoms with van der Waals surface area (Å²) in [4.78, 5) is 38.7. The predicted molar refractivity (Wildman–Crippen MR) is 122 cm³/mol. The Morgan fingerprint density at radius 2 is 1.81 bits per heavy atom. The number of hydrogen-bond acceptors (Lipinski definition) is 7. The molecule has 2 aromatic rings. The average molecular weight is 457 g/mol. The summed E-state index contributed by atoms with van der Waals surface area (Å²) >= 11 is 0.864. The van der Waals surface area contributed by atoms with Crippen LogP contribution in [0.3, 0.4) is 0 Å². The van der Waals surface area contributed by atoms with Crippen molar-refractivity contribution in [2.24, 2.45) is 0 Å². The zero-order valence-corrected chi connectivity index (χ0v) is 18.9. The number of carbonyl (C=O) groups is 3. The number of hydrogen-bond donors (Lipinski definition) is 1. The second-order valence-electron chi connectivity index (χ2n) is 6.66. The van der Waals surface area contributed by atoms with Crippen molar-refractivity contribution in [3.05, 3.63) is 58.5 Å². The van der Waals surface area contributed by atoms with E-state index in [1.54, 1.807) is 55.7 Å². The molecule has 9 heteroatoms. The van der Waals surface area contributed by atoms with Gasteiger partial charge in [0.1, 0.15) is 5.75 Å². The monoisotopic (exact) mass is 456 g/mol. The van der Waals surface area contributed by atoms with E-state index in [-0.39, 0.29) is 24.2 Å². The van der Waals surface area contributed by atoms with Crippen molar-refractivity contribution in [1.29, 1.82) is 0 Å². The van der Waals surface area contributed by atoms with Gasteiger partial charge in [-0.2, -0.15) is 0 Å². The van der Waals surface area contributed by atoms with Crippen molar-refractivity contribution in [2.75, 3.05) is 33.9 Å². The van der Waals surface area contributed by atoms with Gasteiger partial charge in [0.25, 0.3) is 17.1 Å². The third kappa shape index (κ3) is 5.42. The molecule has 3 rings (SSSR count). The molecule has 3 amide bonds. The van der Waals surface area contributed by atoms with Gasteiger partial charge in [0.05, 0.1) is 25.7 Å². The summed E-state index contributed by atoms with van der Waals surface area (Å²) < 4.78 is 15.9. The highest BCUT2D eigenvalue weighted by Crippen LogP contribution is 2.34. The molecule has 0 aromatic heterocycles. The van der Waals surface area contributed by atoms with Crippen LogP contribution in [0.15, 0.2) is 47.4 Å². The first-order valence-corrected chi connectivity index (χ1v) is 10.8. The van der Waals surface area contributed by atoms with E-state index in [2.05, 4.69) is 5.32 Å². The van der Waals surface area contributed by atoms with Gasteiger partial charge < -0.3 is 19.5 Å². The first-order chi connectivity index (χ1) is 15.5. The minimum Gasteiger partial charge on any atom is -0.497 e. The molecule has 168 valence electrons. The SMILES string of the molecule is CCOc1ccc(C=C2SC(=O)N(CCNC(=O)c3ccc(OC)cc3)C2=O)cc1OC. The number of methoxy groups -OCH3 is 2. The molecule has 0 unspecified atom stereocenters. The predicted octanol–water partition coefficient (Wildman–Crippen LogP) is 3.57. The van der Waals surface area contributed by atoms with Crippen LogP contribution in [0.4, 0.5) is 4.79 Å².